The second kappa shape index (κ2) is 6.77. The Morgan fingerprint density at radius 2 is 1.89 bits per heavy atom. The largest absolute Gasteiger partial charge is 0.488 e. The van der Waals surface area contributed by atoms with Gasteiger partial charge in [0.1, 0.15) is 24.0 Å². The Bertz CT molecular complexity index is 614. The van der Waals surface area contributed by atoms with Gasteiger partial charge in [-0.05, 0) is 39.7 Å². The SMILES string of the molecule is N#Cc1c(Br)cccc1OC/C=C/c1ccccc1. The molecule has 94 valence electrons. The van der Waals surface area contributed by atoms with Crippen molar-refractivity contribution in [3.63, 3.8) is 0 Å². The van der Waals surface area contributed by atoms with Crippen molar-refractivity contribution in [3.05, 3.63) is 70.2 Å². The van der Waals surface area contributed by atoms with Crippen LogP contribution in [0.25, 0.3) is 6.08 Å². The van der Waals surface area contributed by atoms with Crippen molar-refractivity contribution in [1.29, 1.82) is 5.26 Å². The highest BCUT2D eigenvalue weighted by atomic mass is 79.9. The van der Waals surface area contributed by atoms with Crippen LogP contribution >= 0.6 is 15.9 Å². The number of hydrogen-bond acceptors (Lipinski definition) is 2. The third-order valence-electron chi connectivity index (χ3n) is 2.53. The molecule has 0 N–H and O–H groups in total. The fraction of sp³-hybridized carbons (Fsp3) is 0.0625. The van der Waals surface area contributed by atoms with E-state index in [1.165, 1.54) is 0 Å². The van der Waals surface area contributed by atoms with E-state index in [1.807, 2.05) is 54.6 Å². The van der Waals surface area contributed by atoms with E-state index in [9.17, 15) is 0 Å². The van der Waals surface area contributed by atoms with Gasteiger partial charge in [-0.25, -0.2) is 0 Å². The summed E-state index contributed by atoms with van der Waals surface area (Å²) < 4.78 is 6.34. The normalized spacial score (nSPS) is 10.3. The van der Waals surface area contributed by atoms with E-state index >= 15 is 0 Å². The number of ether oxygens (including phenoxy) is 1. The highest BCUT2D eigenvalue weighted by molar-refractivity contribution is 9.10. The summed E-state index contributed by atoms with van der Waals surface area (Å²) in [6, 6.07) is 17.6. The first-order valence-corrected chi connectivity index (χ1v) is 6.63. The standard InChI is InChI=1S/C16H12BrNO/c17-15-9-4-10-16(14(15)12-18)19-11-5-8-13-6-2-1-3-7-13/h1-10H,11H2/b8-5+. The van der Waals surface area contributed by atoms with Gasteiger partial charge in [-0.1, -0.05) is 42.5 Å². The summed E-state index contributed by atoms with van der Waals surface area (Å²) in [5, 5.41) is 9.06. The quantitative estimate of drug-likeness (QED) is 0.837. The molecule has 0 aliphatic carbocycles. The highest BCUT2D eigenvalue weighted by Gasteiger charge is 2.05. The third kappa shape index (κ3) is 3.70. The average Bonchev–Trinajstić information content (AvgIpc) is 2.45. The molecule has 0 saturated carbocycles. The Hall–Kier alpha value is -2.05. The van der Waals surface area contributed by atoms with Crippen LogP contribution in [0.3, 0.4) is 0 Å². The third-order valence-corrected chi connectivity index (χ3v) is 3.19. The summed E-state index contributed by atoms with van der Waals surface area (Å²) in [7, 11) is 0. The van der Waals surface area contributed by atoms with Crippen molar-refractivity contribution in [2.24, 2.45) is 0 Å². The summed E-state index contributed by atoms with van der Waals surface area (Å²) in [6.45, 7) is 0.431. The fourth-order valence-electron chi connectivity index (χ4n) is 1.62. The molecular weight excluding hydrogens is 302 g/mol. The number of nitriles is 1. The average molecular weight is 314 g/mol. The summed E-state index contributed by atoms with van der Waals surface area (Å²) in [4.78, 5) is 0. The first-order chi connectivity index (χ1) is 9.31. The molecule has 2 aromatic rings. The Morgan fingerprint density at radius 1 is 1.11 bits per heavy atom. The molecular formula is C16H12BrNO. The van der Waals surface area contributed by atoms with Gasteiger partial charge >= 0.3 is 0 Å². The van der Waals surface area contributed by atoms with E-state index in [1.54, 1.807) is 6.07 Å². The lowest BCUT2D eigenvalue weighted by atomic mass is 10.2. The van der Waals surface area contributed by atoms with Crippen LogP contribution in [0.15, 0.2) is 59.1 Å². The van der Waals surface area contributed by atoms with Crippen molar-refractivity contribution in [2.45, 2.75) is 0 Å². The summed E-state index contributed by atoms with van der Waals surface area (Å²) >= 11 is 3.33. The van der Waals surface area contributed by atoms with Crippen LogP contribution in [-0.2, 0) is 0 Å². The van der Waals surface area contributed by atoms with E-state index in [2.05, 4.69) is 22.0 Å². The smallest absolute Gasteiger partial charge is 0.138 e. The number of rotatable bonds is 4. The van der Waals surface area contributed by atoms with Gasteiger partial charge in [0.15, 0.2) is 0 Å². The molecule has 2 rings (SSSR count). The Kier molecular flexibility index (Phi) is 4.77. The molecule has 0 aliphatic heterocycles. The molecule has 0 heterocycles. The van der Waals surface area contributed by atoms with Crippen molar-refractivity contribution in [1.82, 2.24) is 0 Å². The molecule has 0 spiro atoms. The number of hydrogen-bond donors (Lipinski definition) is 0. The van der Waals surface area contributed by atoms with Gasteiger partial charge in [0.25, 0.3) is 0 Å². The maximum Gasteiger partial charge on any atom is 0.138 e. The van der Waals surface area contributed by atoms with Crippen LogP contribution in [0, 0.1) is 11.3 Å². The molecule has 0 amide bonds. The van der Waals surface area contributed by atoms with Crippen molar-refractivity contribution >= 4 is 22.0 Å². The van der Waals surface area contributed by atoms with Crippen LogP contribution in [0.1, 0.15) is 11.1 Å². The first kappa shape index (κ1) is 13.4. The molecule has 0 unspecified atom stereocenters. The molecule has 0 radical (unpaired) electrons. The Morgan fingerprint density at radius 3 is 2.63 bits per heavy atom. The van der Waals surface area contributed by atoms with Crippen molar-refractivity contribution < 1.29 is 4.74 Å². The lowest BCUT2D eigenvalue weighted by molar-refractivity contribution is 0.362. The lowest BCUT2D eigenvalue weighted by Crippen LogP contribution is -1.96. The molecule has 3 heteroatoms. The van der Waals surface area contributed by atoms with Crippen LogP contribution in [0.2, 0.25) is 0 Å². The van der Waals surface area contributed by atoms with E-state index in [-0.39, 0.29) is 0 Å². The minimum Gasteiger partial charge on any atom is -0.488 e. The van der Waals surface area contributed by atoms with Gasteiger partial charge in [0, 0.05) is 4.47 Å². The van der Waals surface area contributed by atoms with E-state index in [0.29, 0.717) is 17.9 Å². The van der Waals surface area contributed by atoms with Gasteiger partial charge in [-0.15, -0.1) is 0 Å². The number of nitrogens with zero attached hydrogens (tertiary/aromatic N) is 1. The molecule has 0 atom stereocenters. The van der Waals surface area contributed by atoms with Gasteiger partial charge < -0.3 is 4.74 Å². The zero-order valence-corrected chi connectivity index (χ0v) is 11.8. The van der Waals surface area contributed by atoms with E-state index < -0.39 is 0 Å². The van der Waals surface area contributed by atoms with Gasteiger partial charge in [0.05, 0.1) is 0 Å². The first-order valence-electron chi connectivity index (χ1n) is 5.84. The minimum atomic E-state index is 0.431. The molecule has 0 saturated heterocycles. The maximum absolute atomic E-state index is 9.06. The predicted molar refractivity (Wildman–Crippen MR) is 79.8 cm³/mol. The topological polar surface area (TPSA) is 33.0 Å². The summed E-state index contributed by atoms with van der Waals surface area (Å²) in [6.07, 6.45) is 3.92. The Balaban J connectivity index is 1.99. The lowest BCUT2D eigenvalue weighted by Gasteiger charge is -2.06. The molecule has 0 bridgehead atoms. The van der Waals surface area contributed by atoms with Crippen molar-refractivity contribution in [2.75, 3.05) is 6.61 Å². The second-order valence-corrected chi connectivity index (χ2v) is 4.70. The molecule has 2 nitrogen and oxygen atoms in total. The van der Waals surface area contributed by atoms with Crippen LogP contribution < -0.4 is 4.74 Å². The van der Waals surface area contributed by atoms with Gasteiger partial charge in [0.2, 0.25) is 0 Å². The minimum absolute atomic E-state index is 0.431. The Labute approximate surface area is 121 Å². The predicted octanol–water partition coefficient (Wildman–Crippen LogP) is 4.41. The molecule has 0 aromatic heterocycles. The molecule has 2 aromatic carbocycles. The number of halogens is 1. The fourth-order valence-corrected chi connectivity index (χ4v) is 2.06. The molecule has 0 aliphatic rings. The maximum atomic E-state index is 9.06. The van der Waals surface area contributed by atoms with E-state index in [4.69, 9.17) is 10.00 Å². The monoisotopic (exact) mass is 313 g/mol. The van der Waals surface area contributed by atoms with Crippen molar-refractivity contribution in [3.8, 4) is 11.8 Å². The summed E-state index contributed by atoms with van der Waals surface area (Å²) in [5.74, 6) is 0.592. The number of benzene rings is 2. The van der Waals surface area contributed by atoms with Crippen LogP contribution in [0.5, 0.6) is 5.75 Å². The summed E-state index contributed by atoms with van der Waals surface area (Å²) in [5.41, 5.74) is 1.65. The van der Waals surface area contributed by atoms with E-state index in [0.717, 1.165) is 10.0 Å². The second-order valence-electron chi connectivity index (χ2n) is 3.85. The van der Waals surface area contributed by atoms with Crippen LogP contribution in [-0.4, -0.2) is 6.61 Å². The molecule has 0 fully saturated rings. The van der Waals surface area contributed by atoms with Gasteiger partial charge in [-0.2, -0.15) is 5.26 Å². The van der Waals surface area contributed by atoms with Crippen LogP contribution in [0.4, 0.5) is 0 Å². The molecule has 19 heavy (non-hydrogen) atoms. The van der Waals surface area contributed by atoms with Gasteiger partial charge in [-0.3, -0.25) is 0 Å². The highest BCUT2D eigenvalue weighted by Crippen LogP contribution is 2.25. The zero-order valence-electron chi connectivity index (χ0n) is 10.2. The zero-order chi connectivity index (χ0) is 13.5.